The van der Waals surface area contributed by atoms with E-state index in [0.717, 1.165) is 16.8 Å². The molecule has 26 heavy (non-hydrogen) atoms. The maximum absolute atomic E-state index is 12.3. The third-order valence-electron chi connectivity index (χ3n) is 4.01. The zero-order valence-electron chi connectivity index (χ0n) is 15.5. The molecule has 1 aromatic heterocycles. The molecule has 0 aliphatic rings. The van der Waals surface area contributed by atoms with Crippen molar-refractivity contribution in [1.82, 2.24) is 15.2 Å². The Hall–Kier alpha value is -2.89. The molecule has 0 fully saturated rings. The molecular formula is C20H26N4O2. The summed E-state index contributed by atoms with van der Waals surface area (Å²) in [6, 6.07) is 11.1. The first-order chi connectivity index (χ1) is 12.5. The Kier molecular flexibility index (Phi) is 7.14. The number of rotatable bonds is 7. The molecule has 0 unspecified atom stereocenters. The number of carbonyl (C=O) groups excluding carboxylic acids is 2. The Morgan fingerprint density at radius 3 is 2.62 bits per heavy atom. The number of para-hydroxylation sites is 1. The van der Waals surface area contributed by atoms with Gasteiger partial charge in [0, 0.05) is 44.6 Å². The normalized spacial score (nSPS) is 11.5. The number of pyridine rings is 1. The molecule has 2 N–H and O–H groups in total. The van der Waals surface area contributed by atoms with Gasteiger partial charge in [-0.15, -0.1) is 0 Å². The van der Waals surface area contributed by atoms with Crippen molar-refractivity contribution < 1.29 is 9.59 Å². The number of hydrogen-bond donors (Lipinski definition) is 2. The van der Waals surface area contributed by atoms with Crippen molar-refractivity contribution >= 4 is 17.6 Å². The molecule has 2 aromatic rings. The van der Waals surface area contributed by atoms with Crippen molar-refractivity contribution in [3.63, 3.8) is 0 Å². The van der Waals surface area contributed by atoms with Crippen LogP contribution < -0.4 is 10.6 Å². The summed E-state index contributed by atoms with van der Waals surface area (Å²) in [6.07, 6.45) is 5.23. The summed E-state index contributed by atoms with van der Waals surface area (Å²) in [5, 5.41) is 5.82. The number of aromatic nitrogens is 1. The Morgan fingerprint density at radius 1 is 1.15 bits per heavy atom. The van der Waals surface area contributed by atoms with Crippen LogP contribution in [0.15, 0.2) is 48.8 Å². The van der Waals surface area contributed by atoms with Crippen molar-refractivity contribution in [3.8, 4) is 0 Å². The van der Waals surface area contributed by atoms with E-state index in [9.17, 15) is 9.59 Å². The molecule has 0 spiro atoms. The first-order valence-corrected chi connectivity index (χ1v) is 8.70. The number of anilines is 1. The van der Waals surface area contributed by atoms with Crippen LogP contribution in [-0.4, -0.2) is 42.0 Å². The van der Waals surface area contributed by atoms with Crippen molar-refractivity contribution in [2.24, 2.45) is 0 Å². The van der Waals surface area contributed by atoms with Crippen LogP contribution in [0, 0.1) is 0 Å². The summed E-state index contributed by atoms with van der Waals surface area (Å²) >= 11 is 0. The number of carbonyl (C=O) groups is 2. The SMILES string of the molecule is C[C@@H](Cc1cccnc1)NC(=O)Nc1ccccc1CCC(=O)N(C)C. The molecule has 6 heteroatoms. The Bertz CT molecular complexity index is 732. The average Bonchev–Trinajstić information content (AvgIpc) is 2.61. The maximum atomic E-state index is 12.3. The van der Waals surface area contributed by atoms with E-state index in [1.807, 2.05) is 43.3 Å². The molecule has 0 bridgehead atoms. The van der Waals surface area contributed by atoms with E-state index >= 15 is 0 Å². The van der Waals surface area contributed by atoms with Gasteiger partial charge in [-0.05, 0) is 43.0 Å². The highest BCUT2D eigenvalue weighted by atomic mass is 16.2. The summed E-state index contributed by atoms with van der Waals surface area (Å²) in [5.41, 5.74) is 2.74. The molecule has 2 rings (SSSR count). The molecule has 0 saturated heterocycles. The Morgan fingerprint density at radius 2 is 1.92 bits per heavy atom. The van der Waals surface area contributed by atoms with Crippen molar-refractivity contribution in [1.29, 1.82) is 0 Å². The first kappa shape index (κ1) is 19.4. The van der Waals surface area contributed by atoms with E-state index in [0.29, 0.717) is 19.3 Å². The van der Waals surface area contributed by atoms with Gasteiger partial charge in [-0.1, -0.05) is 24.3 Å². The fourth-order valence-corrected chi connectivity index (χ4v) is 2.63. The molecular weight excluding hydrogens is 328 g/mol. The molecule has 0 aliphatic carbocycles. The standard InChI is InChI=1S/C20H26N4O2/c1-15(13-16-7-6-12-21-14-16)22-20(26)23-18-9-5-4-8-17(18)10-11-19(25)24(2)3/h4-9,12,14-15H,10-11,13H2,1-3H3,(H2,22,23,26)/t15-/m0/s1. The third kappa shape index (κ3) is 6.20. The smallest absolute Gasteiger partial charge is 0.319 e. The van der Waals surface area contributed by atoms with Crippen LogP contribution in [0.1, 0.15) is 24.5 Å². The predicted molar refractivity (Wildman–Crippen MR) is 103 cm³/mol. The summed E-state index contributed by atoms with van der Waals surface area (Å²) in [5.74, 6) is 0.0642. The van der Waals surface area contributed by atoms with Gasteiger partial charge in [-0.3, -0.25) is 9.78 Å². The molecule has 1 atom stereocenters. The van der Waals surface area contributed by atoms with Crippen LogP contribution >= 0.6 is 0 Å². The lowest BCUT2D eigenvalue weighted by Gasteiger charge is -2.16. The molecule has 0 aliphatic heterocycles. The van der Waals surface area contributed by atoms with Gasteiger partial charge in [0.15, 0.2) is 0 Å². The number of aryl methyl sites for hydroxylation is 1. The van der Waals surface area contributed by atoms with E-state index in [2.05, 4.69) is 15.6 Å². The van der Waals surface area contributed by atoms with Gasteiger partial charge < -0.3 is 15.5 Å². The molecule has 1 aromatic carbocycles. The van der Waals surface area contributed by atoms with Gasteiger partial charge in [0.05, 0.1) is 0 Å². The second kappa shape index (κ2) is 9.56. The van der Waals surface area contributed by atoms with Crippen LogP contribution in [0.3, 0.4) is 0 Å². The predicted octanol–water partition coefficient (Wildman–Crippen LogP) is 2.86. The van der Waals surface area contributed by atoms with Crippen molar-refractivity contribution in [2.45, 2.75) is 32.2 Å². The van der Waals surface area contributed by atoms with Crippen LogP contribution in [0.5, 0.6) is 0 Å². The molecule has 3 amide bonds. The topological polar surface area (TPSA) is 74.3 Å². The zero-order chi connectivity index (χ0) is 18.9. The van der Waals surface area contributed by atoms with Crippen LogP contribution in [0.4, 0.5) is 10.5 Å². The quantitative estimate of drug-likeness (QED) is 0.803. The monoisotopic (exact) mass is 354 g/mol. The highest BCUT2D eigenvalue weighted by Gasteiger charge is 2.12. The van der Waals surface area contributed by atoms with Crippen molar-refractivity contribution in [2.75, 3.05) is 19.4 Å². The van der Waals surface area contributed by atoms with Gasteiger partial charge >= 0.3 is 6.03 Å². The van der Waals surface area contributed by atoms with Gasteiger partial charge in [0.1, 0.15) is 0 Å². The maximum Gasteiger partial charge on any atom is 0.319 e. The van der Waals surface area contributed by atoms with E-state index in [1.54, 1.807) is 31.4 Å². The fourth-order valence-electron chi connectivity index (χ4n) is 2.63. The fraction of sp³-hybridized carbons (Fsp3) is 0.350. The molecule has 138 valence electrons. The van der Waals surface area contributed by atoms with Crippen LogP contribution in [0.2, 0.25) is 0 Å². The second-order valence-electron chi connectivity index (χ2n) is 6.51. The molecule has 1 heterocycles. The third-order valence-corrected chi connectivity index (χ3v) is 4.01. The molecule has 0 radical (unpaired) electrons. The lowest BCUT2D eigenvalue weighted by Crippen LogP contribution is -2.37. The van der Waals surface area contributed by atoms with E-state index in [4.69, 9.17) is 0 Å². The number of hydrogen-bond acceptors (Lipinski definition) is 3. The lowest BCUT2D eigenvalue weighted by molar-refractivity contribution is -0.128. The largest absolute Gasteiger partial charge is 0.349 e. The average molecular weight is 354 g/mol. The van der Waals surface area contributed by atoms with Gasteiger partial charge in [0.25, 0.3) is 0 Å². The zero-order valence-corrected chi connectivity index (χ0v) is 15.5. The van der Waals surface area contributed by atoms with Crippen LogP contribution in [-0.2, 0) is 17.6 Å². The Balaban J connectivity index is 1.91. The molecule has 6 nitrogen and oxygen atoms in total. The minimum Gasteiger partial charge on any atom is -0.349 e. The number of benzene rings is 1. The summed E-state index contributed by atoms with van der Waals surface area (Å²) in [4.78, 5) is 29.7. The highest BCUT2D eigenvalue weighted by Crippen LogP contribution is 2.17. The Labute approximate surface area is 154 Å². The minimum atomic E-state index is -0.257. The van der Waals surface area contributed by atoms with Gasteiger partial charge in [-0.25, -0.2) is 4.79 Å². The van der Waals surface area contributed by atoms with E-state index < -0.39 is 0 Å². The van der Waals surface area contributed by atoms with Gasteiger partial charge in [-0.2, -0.15) is 0 Å². The highest BCUT2D eigenvalue weighted by molar-refractivity contribution is 5.90. The summed E-state index contributed by atoms with van der Waals surface area (Å²) < 4.78 is 0. The minimum absolute atomic E-state index is 0.0262. The van der Waals surface area contributed by atoms with E-state index in [-0.39, 0.29) is 18.0 Å². The second-order valence-corrected chi connectivity index (χ2v) is 6.51. The van der Waals surface area contributed by atoms with E-state index in [1.165, 1.54) is 0 Å². The number of urea groups is 1. The summed E-state index contributed by atoms with van der Waals surface area (Å²) in [6.45, 7) is 1.95. The lowest BCUT2D eigenvalue weighted by atomic mass is 10.1. The van der Waals surface area contributed by atoms with Crippen LogP contribution in [0.25, 0.3) is 0 Å². The van der Waals surface area contributed by atoms with Gasteiger partial charge in [0.2, 0.25) is 5.91 Å². The summed E-state index contributed by atoms with van der Waals surface area (Å²) in [7, 11) is 3.48. The number of amides is 3. The first-order valence-electron chi connectivity index (χ1n) is 8.70. The van der Waals surface area contributed by atoms with Crippen molar-refractivity contribution in [3.05, 3.63) is 59.9 Å². The number of nitrogens with one attached hydrogen (secondary N) is 2. The number of nitrogens with zero attached hydrogens (tertiary/aromatic N) is 2. The molecule has 0 saturated carbocycles.